The number of esters is 4. The number of ether oxygens (including phenoxy) is 8. The van der Waals surface area contributed by atoms with E-state index in [1.807, 2.05) is 13.8 Å². The number of anilines is 1. The molecule has 12 heterocycles. The zero-order valence-corrected chi connectivity index (χ0v) is 77.3. The first kappa shape index (κ1) is 106. The van der Waals surface area contributed by atoms with Gasteiger partial charge >= 0.3 is 102 Å². The minimum Gasteiger partial charge on any atom is -0.466 e. The zero-order chi connectivity index (χ0) is 96.3. The maximum atomic E-state index is 15.4. The van der Waals surface area contributed by atoms with Crippen LogP contribution in [0.4, 0.5) is 40.9 Å². The maximum absolute atomic E-state index is 15.4. The molecule has 0 radical (unpaired) electrons. The molecular formula is C76H108F8N10O32P4. The molecule has 42 nitrogen and oxygen atoms in total. The zero-order valence-electron chi connectivity index (χ0n) is 73.7. The Kier molecular flexibility index (Phi) is 36.3. The highest BCUT2D eigenvalue weighted by molar-refractivity contribution is 7.51. The third-order valence-corrected chi connectivity index (χ3v) is 26.3. The monoisotopic (exact) mass is 1950 g/mol. The molecule has 730 valence electrons. The molecular weight excluding hydrogens is 1840 g/mol. The fourth-order valence-electron chi connectivity index (χ4n) is 13.6. The Morgan fingerprint density at radius 3 is 1.04 bits per heavy atom. The van der Waals surface area contributed by atoms with Crippen LogP contribution < -0.4 is 33.2 Å². The van der Waals surface area contributed by atoms with E-state index in [2.05, 4.69) is 30.3 Å². The van der Waals surface area contributed by atoms with Crippen molar-refractivity contribution in [3.05, 3.63) is 108 Å². The van der Waals surface area contributed by atoms with Crippen LogP contribution in [0.5, 0.6) is 0 Å². The fourth-order valence-corrected chi connectivity index (χ4v) is 19.5. The first-order valence-electron chi connectivity index (χ1n) is 41.7. The number of amides is 1. The number of hydrogen-bond acceptors (Lipinski definition) is 36. The van der Waals surface area contributed by atoms with E-state index in [1.165, 1.54) is 31.2 Å². The third-order valence-electron chi connectivity index (χ3n) is 20.3. The van der Waals surface area contributed by atoms with Crippen LogP contribution in [0, 0.1) is 44.4 Å². The van der Waals surface area contributed by atoms with Gasteiger partial charge in [0.2, 0.25) is 30.8 Å². The summed E-state index contributed by atoms with van der Waals surface area (Å²) in [6, 6.07) is 4.22. The van der Waals surface area contributed by atoms with Gasteiger partial charge in [0, 0.05) is 47.8 Å². The lowest BCUT2D eigenvalue weighted by Crippen LogP contribution is -2.47. The predicted molar refractivity (Wildman–Crippen MR) is 431 cm³/mol. The van der Waals surface area contributed by atoms with E-state index < -0.39 is 232 Å². The molecule has 0 aromatic carbocycles. The molecule has 0 bridgehead atoms. The number of alkyl halides is 8. The number of carbonyl (C=O) groups is 5. The summed E-state index contributed by atoms with van der Waals surface area (Å²) in [6.45, 7) is 23.9. The molecule has 8 aliphatic heterocycles. The van der Waals surface area contributed by atoms with Gasteiger partial charge in [0.25, 0.3) is 0 Å². The molecule has 54 heteroatoms. The number of halogens is 8. The van der Waals surface area contributed by atoms with Crippen molar-refractivity contribution in [3.63, 3.8) is 0 Å². The Morgan fingerprint density at radius 1 is 0.431 bits per heavy atom. The van der Waals surface area contributed by atoms with Gasteiger partial charge in [-0.05, 0) is 133 Å². The lowest BCUT2D eigenvalue weighted by atomic mass is 9.97. The van der Waals surface area contributed by atoms with Gasteiger partial charge in [-0.1, -0.05) is 47.5 Å². The van der Waals surface area contributed by atoms with Crippen molar-refractivity contribution in [2.45, 2.75) is 278 Å². The van der Waals surface area contributed by atoms with Gasteiger partial charge in [0.1, 0.15) is 36.3 Å². The van der Waals surface area contributed by atoms with Crippen molar-refractivity contribution >= 4 is 66.8 Å². The van der Waals surface area contributed by atoms with Gasteiger partial charge in [-0.3, -0.25) is 92.0 Å². The van der Waals surface area contributed by atoms with Gasteiger partial charge in [0.05, 0.1) is 88.9 Å². The molecule has 0 spiro atoms. The molecule has 12 rings (SSSR count). The highest BCUT2D eigenvalue weighted by atomic mass is 31.2. The van der Waals surface area contributed by atoms with Crippen molar-refractivity contribution < 1.29 is 165 Å². The fraction of sp³-hybridized carbons (Fsp3) is 0.724. The van der Waals surface area contributed by atoms with Crippen LogP contribution in [-0.2, 0) is 130 Å². The number of hydrogen-bond donors (Lipinski definition) is 2. The quantitative estimate of drug-likeness (QED) is 0.0198. The van der Waals surface area contributed by atoms with Crippen molar-refractivity contribution in [2.24, 2.45) is 23.7 Å². The summed E-state index contributed by atoms with van der Waals surface area (Å²) >= 11 is 0. The van der Waals surface area contributed by atoms with E-state index in [4.69, 9.17) is 87.7 Å². The molecule has 4 aromatic rings. The average Bonchev–Trinajstić information content (AvgIpc) is 1.61. The minimum atomic E-state index is -4.35. The first-order valence-corrected chi connectivity index (χ1v) is 47.6. The van der Waals surface area contributed by atoms with Crippen LogP contribution in [0.15, 0.2) is 68.2 Å². The summed E-state index contributed by atoms with van der Waals surface area (Å²) in [7, 11) is -17.3. The van der Waals surface area contributed by atoms with Gasteiger partial charge in [-0.25, -0.2) is 42.5 Å². The topological polar surface area (TPSA) is 493 Å². The minimum absolute atomic E-state index is 0.0669. The summed E-state index contributed by atoms with van der Waals surface area (Å²) in [5, 5.41) is 4.87. The number of nitrogens with one attached hydrogen (secondary N) is 2. The number of aromatic nitrogens is 8. The summed E-state index contributed by atoms with van der Waals surface area (Å²) in [5.41, 5.74) is -2.72. The van der Waals surface area contributed by atoms with E-state index in [1.54, 1.807) is 90.0 Å². The van der Waals surface area contributed by atoms with E-state index in [9.17, 15) is 70.2 Å². The Bertz CT molecular complexity index is 4920. The van der Waals surface area contributed by atoms with Crippen molar-refractivity contribution in [2.75, 3.05) is 58.2 Å². The number of phosphoric acid groups is 3. The SMILES string of the molecule is CCCC(CCC)C(=O)Nc1ccn([C@@H]2O[C@@H]3COP(=O)(N[C@H](C)C(=O)OC(C)C)O[C@H]3C2(F)F)c(=O)n1.CCOC(=O)[C@H](C)CCOP1(=O)OC[C@H]2O[C@@H](n3ccc(C)nc3=O)C(F)(F)[C@@H]2O1.Cc1ccn([C@@H]2O[C@@H]3COP(=O)(OCC[C@@H](C)C(=O)OC(C)C)O[C@H]3C2(F)F)c(=O)n1.Cc1ccn([C@@H]2O[C@@H]3COP(=O)(OCC[C@H](C)C(=O)OC(C)C)O[C@H]3C2(F)F)c(=O)n1. The molecule has 4 aromatic heterocycles. The Balaban J connectivity index is 0.000000196. The first-order chi connectivity index (χ1) is 60.7. The van der Waals surface area contributed by atoms with Gasteiger partial charge in [0.15, 0.2) is 24.4 Å². The second-order valence-corrected chi connectivity index (χ2v) is 38.7. The Morgan fingerprint density at radius 2 is 0.731 bits per heavy atom. The molecule has 2 N–H and O–H groups in total. The number of aryl methyl sites for hydroxylation is 3. The summed E-state index contributed by atoms with van der Waals surface area (Å²) in [6.07, 6.45) is -14.4. The van der Waals surface area contributed by atoms with Crippen LogP contribution >= 0.6 is 31.2 Å². The summed E-state index contributed by atoms with van der Waals surface area (Å²) in [4.78, 5) is 123. The van der Waals surface area contributed by atoms with Gasteiger partial charge < -0.3 is 43.2 Å². The molecule has 0 aliphatic carbocycles. The highest BCUT2D eigenvalue weighted by Gasteiger charge is 2.69. The number of fused-ring (bicyclic) bond motifs is 4. The van der Waals surface area contributed by atoms with E-state index in [0.717, 1.165) is 37.6 Å². The second kappa shape index (κ2) is 44.4. The van der Waals surface area contributed by atoms with Crippen molar-refractivity contribution in [1.29, 1.82) is 0 Å². The smallest absolute Gasteiger partial charge is 0.466 e. The molecule has 8 saturated heterocycles. The number of phosphoric ester groups is 3. The van der Waals surface area contributed by atoms with E-state index in [-0.39, 0.29) is 75.5 Å². The van der Waals surface area contributed by atoms with Crippen LogP contribution in [0.25, 0.3) is 0 Å². The average molecular weight is 1950 g/mol. The van der Waals surface area contributed by atoms with E-state index in [0.29, 0.717) is 48.2 Å². The molecule has 0 saturated carbocycles. The number of nitrogens with zero attached hydrogens (tertiary/aromatic N) is 8. The number of carbonyl (C=O) groups excluding carboxylic acids is 5. The van der Waals surface area contributed by atoms with Crippen LogP contribution in [0.3, 0.4) is 0 Å². The lowest BCUT2D eigenvalue weighted by molar-refractivity contribution is -0.153. The van der Waals surface area contributed by atoms with Gasteiger partial charge in [-0.15, -0.1) is 0 Å². The largest absolute Gasteiger partial charge is 0.475 e. The van der Waals surface area contributed by atoms with Crippen LogP contribution in [0.2, 0.25) is 0 Å². The normalized spacial score (nSPS) is 29.8. The molecule has 20 atom stereocenters. The predicted octanol–water partition coefficient (Wildman–Crippen LogP) is 10.8. The lowest BCUT2D eigenvalue weighted by Gasteiger charge is -2.33. The Labute approximate surface area is 739 Å². The second-order valence-electron chi connectivity index (χ2n) is 32.1. The maximum Gasteiger partial charge on any atom is 0.475 e. The van der Waals surface area contributed by atoms with Crippen molar-refractivity contribution in [1.82, 2.24) is 43.3 Å². The van der Waals surface area contributed by atoms with E-state index >= 15 is 26.3 Å². The number of rotatable bonds is 32. The van der Waals surface area contributed by atoms with Crippen LogP contribution in [-0.4, -0.2) is 218 Å². The molecule has 1 amide bonds. The molecule has 8 aliphatic rings. The molecule has 4 unspecified atom stereocenters. The van der Waals surface area contributed by atoms with Crippen LogP contribution in [0.1, 0.15) is 177 Å². The highest BCUT2D eigenvalue weighted by Crippen LogP contribution is 2.64. The standard InChI is InChI=1S/C23H35F2N4O8P.2C18H25F2N2O8P.C17H23F2N2O8P/c1-6-8-15(9-7-2)19(30)26-17-10-11-29(22(32)27-17)21-23(24,25)18-16(36-21)12-34-38(33,37-18)28-14(5)20(31)35-13(3)4;2*1-10(2)28-15(23)11(3)6-8-26-31(25)27-9-13-14(30-31)18(19,20)16(29-13)22-7-5-12(4)21-17(22)24;1-4-25-14(22)10(2)6-8-26-30(24)27-9-12-13(29-30)17(18,19)15(28-12)21-7-5-11(3)20-16(21)23/h10-11,13-16,18,21H,6-9,12H2,1-5H3,(H,28,33)(H,26,27,30,32);2*5,7,10-11,13-14,16H,6,8-9H2,1-4H3;5,7,10,12-13,15H,4,6,8-9H2,1-3H3/t14-,16-,18-,21-,38?;11-,13+,14+,16+,31?;11-,13-,14-,16-,31?;10-,12-,13-,15-,30?/m1011/s1. The van der Waals surface area contributed by atoms with Gasteiger partial charge in [-0.2, -0.15) is 55.1 Å². The third kappa shape index (κ3) is 26.4. The molecule has 8 fully saturated rings. The summed E-state index contributed by atoms with van der Waals surface area (Å²) in [5.74, 6) is -19.4. The Hall–Kier alpha value is -7.41. The van der Waals surface area contributed by atoms with Crippen molar-refractivity contribution in [3.8, 4) is 0 Å². The molecule has 130 heavy (non-hydrogen) atoms. The summed E-state index contributed by atoms with van der Waals surface area (Å²) < 4.78 is 271.